The standard InChI is InChI=1S/C20H27N3O3S2/c1-26-16-5-3-14(4-6-16)13-23-10-9-15-11-17(27-20(15)18(23)12-21)7-8-19(24)22-28(2)25/h3-6,11,18H,7-10,12-13,21H2,1-2H3,(H,22,24). The second-order valence-corrected chi connectivity index (χ2v) is 9.18. The molecule has 0 fully saturated rings. The van der Waals surface area contributed by atoms with Crippen molar-refractivity contribution in [3.63, 3.8) is 0 Å². The molecule has 3 N–H and O–H groups in total. The van der Waals surface area contributed by atoms with E-state index in [1.54, 1.807) is 18.4 Å². The number of hydrogen-bond acceptors (Lipinski definition) is 6. The predicted molar refractivity (Wildman–Crippen MR) is 114 cm³/mol. The lowest BCUT2D eigenvalue weighted by molar-refractivity contribution is -0.119. The van der Waals surface area contributed by atoms with Crippen molar-refractivity contribution in [2.75, 3.05) is 26.5 Å². The lowest BCUT2D eigenvalue weighted by atomic mass is 10.00. The minimum absolute atomic E-state index is 0.177. The molecule has 0 bridgehead atoms. The number of fused-ring (bicyclic) bond motifs is 1. The Morgan fingerprint density at radius 3 is 2.79 bits per heavy atom. The van der Waals surface area contributed by atoms with Gasteiger partial charge in [0, 0.05) is 42.1 Å². The van der Waals surface area contributed by atoms with Crippen LogP contribution in [0.3, 0.4) is 0 Å². The molecule has 1 aromatic heterocycles. The van der Waals surface area contributed by atoms with Crippen LogP contribution in [-0.2, 0) is 35.2 Å². The molecule has 2 atom stereocenters. The highest BCUT2D eigenvalue weighted by atomic mass is 32.2. The molecule has 1 amide bonds. The van der Waals surface area contributed by atoms with Crippen molar-refractivity contribution in [1.29, 1.82) is 0 Å². The van der Waals surface area contributed by atoms with Gasteiger partial charge in [0.1, 0.15) is 16.7 Å². The lowest BCUT2D eigenvalue weighted by Gasteiger charge is -2.35. The minimum Gasteiger partial charge on any atom is -0.497 e. The molecule has 152 valence electrons. The quantitative estimate of drug-likeness (QED) is 0.682. The summed E-state index contributed by atoms with van der Waals surface area (Å²) in [7, 11) is 0.365. The van der Waals surface area contributed by atoms with Crippen molar-refractivity contribution in [3.05, 3.63) is 51.2 Å². The number of nitrogens with two attached hydrogens (primary N) is 1. The number of rotatable bonds is 8. The minimum atomic E-state index is -1.31. The van der Waals surface area contributed by atoms with Crippen LogP contribution in [0.15, 0.2) is 30.3 Å². The monoisotopic (exact) mass is 421 g/mol. The van der Waals surface area contributed by atoms with Gasteiger partial charge in [-0.1, -0.05) is 12.1 Å². The average molecular weight is 422 g/mol. The summed E-state index contributed by atoms with van der Waals surface area (Å²) >= 11 is 1.75. The van der Waals surface area contributed by atoms with Gasteiger partial charge >= 0.3 is 0 Å². The molecular formula is C20H27N3O3S2. The van der Waals surface area contributed by atoms with Crippen LogP contribution in [0.5, 0.6) is 5.75 Å². The van der Waals surface area contributed by atoms with Crippen molar-refractivity contribution in [2.45, 2.75) is 31.8 Å². The molecule has 1 aliphatic heterocycles. The summed E-state index contributed by atoms with van der Waals surface area (Å²) in [4.78, 5) is 16.7. The Hall–Kier alpha value is -1.74. The first kappa shape index (κ1) is 21.0. The summed E-state index contributed by atoms with van der Waals surface area (Å²) < 4.78 is 18.8. The SMILES string of the molecule is COc1ccc(CN2CCc3cc(CCC(=O)NS(C)=O)sc3C2CN)cc1. The third kappa shape index (κ3) is 5.20. The van der Waals surface area contributed by atoms with Crippen LogP contribution >= 0.6 is 11.3 Å². The number of carbonyl (C=O) groups excluding carboxylic acids is 1. The Morgan fingerprint density at radius 2 is 2.14 bits per heavy atom. The second-order valence-electron chi connectivity index (χ2n) is 6.90. The van der Waals surface area contributed by atoms with E-state index in [1.165, 1.54) is 27.1 Å². The van der Waals surface area contributed by atoms with E-state index in [9.17, 15) is 9.00 Å². The van der Waals surface area contributed by atoms with Gasteiger partial charge < -0.3 is 10.5 Å². The number of methoxy groups -OCH3 is 1. The van der Waals surface area contributed by atoms with E-state index in [0.29, 0.717) is 19.4 Å². The van der Waals surface area contributed by atoms with Crippen LogP contribution in [0.25, 0.3) is 0 Å². The second kappa shape index (κ2) is 9.65. The van der Waals surface area contributed by atoms with Gasteiger partial charge in [0.25, 0.3) is 0 Å². The highest BCUT2D eigenvalue weighted by Gasteiger charge is 2.28. The average Bonchev–Trinajstić information content (AvgIpc) is 3.09. The first-order valence-electron chi connectivity index (χ1n) is 9.31. The maximum Gasteiger partial charge on any atom is 0.231 e. The number of nitrogens with one attached hydrogen (secondary N) is 1. The van der Waals surface area contributed by atoms with Crippen molar-refractivity contribution in [2.24, 2.45) is 5.73 Å². The molecule has 0 saturated carbocycles. The molecule has 1 aromatic carbocycles. The van der Waals surface area contributed by atoms with Gasteiger partial charge in [-0.15, -0.1) is 11.3 Å². The molecule has 8 heteroatoms. The third-order valence-electron chi connectivity index (χ3n) is 4.93. The molecule has 2 aromatic rings. The maximum atomic E-state index is 11.8. The number of ether oxygens (including phenoxy) is 1. The van der Waals surface area contributed by atoms with E-state index >= 15 is 0 Å². The van der Waals surface area contributed by atoms with Gasteiger partial charge in [-0.2, -0.15) is 0 Å². The molecule has 2 heterocycles. The highest BCUT2D eigenvalue weighted by Crippen LogP contribution is 2.37. The third-order valence-corrected chi connectivity index (χ3v) is 6.78. The topological polar surface area (TPSA) is 84.7 Å². The van der Waals surface area contributed by atoms with E-state index in [1.807, 2.05) is 12.1 Å². The van der Waals surface area contributed by atoms with Gasteiger partial charge in [-0.25, -0.2) is 4.21 Å². The van der Waals surface area contributed by atoms with Crippen molar-refractivity contribution in [3.8, 4) is 5.75 Å². The summed E-state index contributed by atoms with van der Waals surface area (Å²) in [6.07, 6.45) is 3.47. The zero-order valence-electron chi connectivity index (χ0n) is 16.3. The lowest BCUT2D eigenvalue weighted by Crippen LogP contribution is -2.38. The number of benzene rings is 1. The van der Waals surface area contributed by atoms with Gasteiger partial charge in [0.15, 0.2) is 0 Å². The highest BCUT2D eigenvalue weighted by molar-refractivity contribution is 7.82. The van der Waals surface area contributed by atoms with Gasteiger partial charge in [0.05, 0.1) is 13.2 Å². The van der Waals surface area contributed by atoms with Crippen LogP contribution in [-0.4, -0.2) is 41.5 Å². The Morgan fingerprint density at radius 1 is 1.39 bits per heavy atom. The summed E-state index contributed by atoms with van der Waals surface area (Å²) in [5.74, 6) is 0.683. The molecule has 0 radical (unpaired) electrons. The molecule has 0 saturated heterocycles. The summed E-state index contributed by atoms with van der Waals surface area (Å²) in [5.41, 5.74) is 8.73. The van der Waals surface area contributed by atoms with E-state index in [0.717, 1.165) is 25.3 Å². The normalized spacial score (nSPS) is 17.8. The fourth-order valence-electron chi connectivity index (χ4n) is 3.55. The number of nitrogens with zero attached hydrogens (tertiary/aromatic N) is 1. The zero-order chi connectivity index (χ0) is 20.1. The molecule has 0 spiro atoms. The first-order chi connectivity index (χ1) is 13.5. The summed E-state index contributed by atoms with van der Waals surface area (Å²) in [6.45, 7) is 2.38. The van der Waals surface area contributed by atoms with E-state index in [2.05, 4.69) is 27.8 Å². The number of hydrogen-bond donors (Lipinski definition) is 2. The first-order valence-corrected chi connectivity index (χ1v) is 11.7. The van der Waals surface area contributed by atoms with Crippen molar-refractivity contribution < 1.29 is 13.7 Å². The van der Waals surface area contributed by atoms with Crippen LogP contribution in [0, 0.1) is 0 Å². The number of amides is 1. The van der Waals surface area contributed by atoms with Crippen LogP contribution in [0.2, 0.25) is 0 Å². The summed E-state index contributed by atoms with van der Waals surface area (Å²) in [5, 5.41) is 0. The molecule has 2 unspecified atom stereocenters. The molecule has 3 rings (SSSR count). The van der Waals surface area contributed by atoms with Gasteiger partial charge in [-0.05, 0) is 42.2 Å². The number of thiophene rings is 1. The Labute approximate surface area is 172 Å². The smallest absolute Gasteiger partial charge is 0.231 e. The fraction of sp³-hybridized carbons (Fsp3) is 0.450. The number of carbonyl (C=O) groups is 1. The molecule has 1 aliphatic rings. The molecule has 6 nitrogen and oxygen atoms in total. The molecule has 28 heavy (non-hydrogen) atoms. The molecular weight excluding hydrogens is 394 g/mol. The van der Waals surface area contributed by atoms with Crippen LogP contribution < -0.4 is 15.2 Å². The Bertz CT molecular complexity index is 836. The predicted octanol–water partition coefficient (Wildman–Crippen LogP) is 2.16. The Kier molecular flexibility index (Phi) is 7.23. The fourth-order valence-corrected chi connectivity index (χ4v) is 5.33. The summed E-state index contributed by atoms with van der Waals surface area (Å²) in [6, 6.07) is 10.6. The van der Waals surface area contributed by atoms with Gasteiger partial charge in [-0.3, -0.25) is 14.4 Å². The molecule has 0 aliphatic carbocycles. The van der Waals surface area contributed by atoms with E-state index in [-0.39, 0.29) is 11.9 Å². The van der Waals surface area contributed by atoms with Gasteiger partial charge in [0.2, 0.25) is 5.91 Å². The van der Waals surface area contributed by atoms with Crippen molar-refractivity contribution in [1.82, 2.24) is 9.62 Å². The van der Waals surface area contributed by atoms with E-state index < -0.39 is 11.0 Å². The Balaban J connectivity index is 1.67. The number of aryl methyl sites for hydroxylation is 1. The van der Waals surface area contributed by atoms with Crippen LogP contribution in [0.1, 0.15) is 33.3 Å². The van der Waals surface area contributed by atoms with Crippen molar-refractivity contribution >= 4 is 28.2 Å². The zero-order valence-corrected chi connectivity index (χ0v) is 17.9. The van der Waals surface area contributed by atoms with E-state index in [4.69, 9.17) is 10.5 Å². The maximum absolute atomic E-state index is 11.8. The van der Waals surface area contributed by atoms with Crippen LogP contribution in [0.4, 0.5) is 0 Å². The largest absolute Gasteiger partial charge is 0.497 e.